The summed E-state index contributed by atoms with van der Waals surface area (Å²) >= 11 is 0. The fourth-order valence-corrected chi connectivity index (χ4v) is 2.81. The van der Waals surface area contributed by atoms with Crippen molar-refractivity contribution in [2.45, 2.75) is 69.2 Å². The summed E-state index contributed by atoms with van der Waals surface area (Å²) in [5, 5.41) is 6.25. The van der Waals surface area contributed by atoms with E-state index in [4.69, 9.17) is 11.8 Å². The van der Waals surface area contributed by atoms with Gasteiger partial charge in [-0.05, 0) is 0 Å². The van der Waals surface area contributed by atoms with Gasteiger partial charge in [-0.3, -0.25) is 0 Å². The van der Waals surface area contributed by atoms with Crippen LogP contribution in [0.1, 0.15) is 55.6 Å². The van der Waals surface area contributed by atoms with Crippen molar-refractivity contribution in [3.05, 3.63) is 62.2 Å². The van der Waals surface area contributed by atoms with Crippen molar-refractivity contribution in [2.24, 2.45) is 0 Å². The van der Waals surface area contributed by atoms with Crippen LogP contribution in [0.15, 0.2) is 0 Å². The monoisotopic (exact) mass is 436 g/mol. The van der Waals surface area contributed by atoms with Gasteiger partial charge in [0.2, 0.25) is 0 Å². The molecule has 1 radical (unpaired) electrons. The zero-order chi connectivity index (χ0) is 17.8. The molecule has 0 fully saturated rings. The summed E-state index contributed by atoms with van der Waals surface area (Å²) in [6, 6.07) is 0. The Labute approximate surface area is 177 Å². The van der Waals surface area contributed by atoms with Crippen LogP contribution in [0.3, 0.4) is 0 Å². The number of nitrogens with zero attached hydrogens (tertiary/aromatic N) is 1. The topological polar surface area (TPSA) is 23.8 Å². The summed E-state index contributed by atoms with van der Waals surface area (Å²) in [5.74, 6) is 0. The van der Waals surface area contributed by atoms with Crippen LogP contribution in [0.5, 0.6) is 0 Å². The molecule has 0 saturated heterocycles. The van der Waals surface area contributed by atoms with Gasteiger partial charge in [-0.15, -0.1) is 0 Å². The average molecular weight is 437 g/mol. The van der Waals surface area contributed by atoms with Crippen molar-refractivity contribution in [1.29, 1.82) is 5.26 Å². The first-order valence-corrected chi connectivity index (χ1v) is 7.72. The number of rotatable bonds is 0. The molecule has 2 rings (SSSR count). The minimum Gasteiger partial charge on any atom is -0.512 e. The van der Waals surface area contributed by atoms with E-state index in [0.717, 1.165) is 0 Å². The molecular formula is C21H30CeN. The quantitative estimate of drug-likeness (QED) is 0.465. The van der Waals surface area contributed by atoms with Gasteiger partial charge < -0.3 is 11.8 Å². The SMILES string of the molecule is Cc1c(C)c(C)[c-](C)c1C.Cc1c(C)c(C)[c-](C)c1C.[C-]#N.[Ce+3]. The summed E-state index contributed by atoms with van der Waals surface area (Å²) < 4.78 is 0. The summed E-state index contributed by atoms with van der Waals surface area (Å²) in [6.45, 7) is 26.7. The van der Waals surface area contributed by atoms with E-state index in [0.29, 0.717) is 0 Å². The first-order chi connectivity index (χ1) is 10.1. The van der Waals surface area contributed by atoms with Gasteiger partial charge in [0.25, 0.3) is 0 Å². The van der Waals surface area contributed by atoms with Gasteiger partial charge in [0.05, 0.1) is 0 Å². The number of hydrogen-bond donors (Lipinski definition) is 0. The molecule has 0 aliphatic rings. The second-order valence-corrected chi connectivity index (χ2v) is 6.25. The summed E-state index contributed by atoms with van der Waals surface area (Å²) in [7, 11) is 0. The Morgan fingerprint density at radius 1 is 0.522 bits per heavy atom. The Kier molecular flexibility index (Phi) is 11.3. The molecule has 0 bridgehead atoms. The van der Waals surface area contributed by atoms with E-state index >= 15 is 0 Å². The summed E-state index contributed by atoms with van der Waals surface area (Å²) in [5.41, 5.74) is 14.7. The second kappa shape index (κ2) is 10.4. The van der Waals surface area contributed by atoms with E-state index in [1.807, 2.05) is 0 Å². The predicted molar refractivity (Wildman–Crippen MR) is 96.4 cm³/mol. The van der Waals surface area contributed by atoms with Crippen LogP contribution in [0.25, 0.3) is 0 Å². The van der Waals surface area contributed by atoms with Crippen LogP contribution in [0.4, 0.5) is 0 Å². The zero-order valence-electron chi connectivity index (χ0n) is 16.4. The van der Waals surface area contributed by atoms with Crippen molar-refractivity contribution in [3.8, 4) is 0 Å². The Bertz CT molecular complexity index is 449. The standard InChI is InChI=1S/2C10H15.CN.Ce/c2*1-6-7(2)9(4)10(5)8(6)3;1-2;/h2*1-5H3;;/q3*-1;+3. The van der Waals surface area contributed by atoms with Gasteiger partial charge >= 0.3 is 41.7 Å². The fourth-order valence-electron chi connectivity index (χ4n) is 2.81. The molecule has 0 heterocycles. The molecule has 1 nitrogen and oxygen atoms in total. The molecule has 2 aromatic carbocycles. The molecular weight excluding hydrogens is 406 g/mol. The summed E-state index contributed by atoms with van der Waals surface area (Å²) in [6.07, 6.45) is 0. The molecule has 0 aliphatic heterocycles. The first kappa shape index (κ1) is 24.8. The molecule has 2 heteroatoms. The van der Waals surface area contributed by atoms with Gasteiger partial charge in [-0.25, -0.2) is 0 Å². The zero-order valence-corrected chi connectivity index (χ0v) is 19.6. The fraction of sp³-hybridized carbons (Fsp3) is 0.476. The average Bonchev–Trinajstić information content (AvgIpc) is 2.81. The Balaban J connectivity index is 0. The molecule has 0 atom stereocenters. The minimum atomic E-state index is 0. The molecule has 0 amide bonds. The van der Waals surface area contributed by atoms with Crippen LogP contribution in [0.2, 0.25) is 0 Å². The molecule has 0 spiro atoms. The molecule has 0 aromatic heterocycles. The molecule has 0 unspecified atom stereocenters. The summed E-state index contributed by atoms with van der Waals surface area (Å²) in [4.78, 5) is 0. The smallest absolute Gasteiger partial charge is 0.512 e. The Morgan fingerprint density at radius 2 is 0.652 bits per heavy atom. The second-order valence-electron chi connectivity index (χ2n) is 6.25. The minimum absolute atomic E-state index is 0. The van der Waals surface area contributed by atoms with Crippen LogP contribution in [-0.2, 0) is 0 Å². The van der Waals surface area contributed by atoms with E-state index in [1.165, 1.54) is 55.6 Å². The van der Waals surface area contributed by atoms with Crippen molar-refractivity contribution >= 4 is 0 Å². The van der Waals surface area contributed by atoms with E-state index in [2.05, 4.69) is 69.2 Å². The van der Waals surface area contributed by atoms with Gasteiger partial charge in [0.15, 0.2) is 0 Å². The third-order valence-corrected chi connectivity index (χ3v) is 5.62. The van der Waals surface area contributed by atoms with Crippen LogP contribution in [-0.4, -0.2) is 0 Å². The number of hydrogen-bond acceptors (Lipinski definition) is 1. The third-order valence-electron chi connectivity index (χ3n) is 5.62. The van der Waals surface area contributed by atoms with Crippen molar-refractivity contribution in [3.63, 3.8) is 0 Å². The Hall–Kier alpha value is -0.433. The molecule has 0 N–H and O–H groups in total. The Morgan fingerprint density at radius 3 is 0.696 bits per heavy atom. The van der Waals surface area contributed by atoms with Gasteiger partial charge in [0, 0.05) is 0 Å². The molecule has 123 valence electrons. The van der Waals surface area contributed by atoms with Crippen molar-refractivity contribution in [2.75, 3.05) is 0 Å². The van der Waals surface area contributed by atoms with Crippen LogP contribution in [0, 0.1) is 123 Å². The van der Waals surface area contributed by atoms with Crippen LogP contribution >= 0.6 is 0 Å². The van der Waals surface area contributed by atoms with E-state index in [9.17, 15) is 0 Å². The predicted octanol–water partition coefficient (Wildman–Crippen LogP) is 5.99. The van der Waals surface area contributed by atoms with Gasteiger partial charge in [-0.1, -0.05) is 69.2 Å². The maximum Gasteiger partial charge on any atom is 3.00 e. The molecule has 2 aromatic rings. The van der Waals surface area contributed by atoms with Gasteiger partial charge in [0.1, 0.15) is 0 Å². The maximum absolute atomic E-state index is 6.25. The van der Waals surface area contributed by atoms with E-state index in [1.54, 1.807) is 0 Å². The van der Waals surface area contributed by atoms with E-state index in [-0.39, 0.29) is 41.7 Å². The van der Waals surface area contributed by atoms with Crippen molar-refractivity contribution in [1.82, 2.24) is 0 Å². The van der Waals surface area contributed by atoms with Gasteiger partial charge in [-0.2, -0.15) is 55.6 Å². The normalized spacial score (nSPS) is 9.22. The third kappa shape index (κ3) is 5.27. The van der Waals surface area contributed by atoms with Crippen LogP contribution < -0.4 is 0 Å². The largest absolute Gasteiger partial charge is 3.00 e. The molecule has 23 heavy (non-hydrogen) atoms. The molecule has 0 saturated carbocycles. The van der Waals surface area contributed by atoms with E-state index < -0.39 is 0 Å². The first-order valence-electron chi connectivity index (χ1n) is 7.72. The molecule has 0 aliphatic carbocycles. The van der Waals surface area contributed by atoms with Crippen molar-refractivity contribution < 1.29 is 41.7 Å². The maximum atomic E-state index is 6.25.